The van der Waals surface area contributed by atoms with Crippen molar-refractivity contribution in [3.8, 4) is 5.88 Å². The molecule has 0 aliphatic heterocycles. The third-order valence-electron chi connectivity index (χ3n) is 1.94. The number of aromatic nitrogens is 2. The molecule has 16 heavy (non-hydrogen) atoms. The van der Waals surface area contributed by atoms with Gasteiger partial charge >= 0.3 is 0 Å². The van der Waals surface area contributed by atoms with Crippen LogP contribution in [0.1, 0.15) is 26.7 Å². The van der Waals surface area contributed by atoms with Crippen molar-refractivity contribution in [2.24, 2.45) is 0 Å². The van der Waals surface area contributed by atoms with Crippen molar-refractivity contribution in [3.63, 3.8) is 0 Å². The van der Waals surface area contributed by atoms with E-state index in [0.717, 1.165) is 25.2 Å². The van der Waals surface area contributed by atoms with Crippen molar-refractivity contribution >= 4 is 17.4 Å². The third kappa shape index (κ3) is 5.16. The molecule has 4 nitrogen and oxygen atoms in total. The van der Waals surface area contributed by atoms with Gasteiger partial charge in [0.15, 0.2) is 0 Å². The fourth-order valence-corrected chi connectivity index (χ4v) is 1.23. The summed E-state index contributed by atoms with van der Waals surface area (Å²) in [5.74, 6) is 1.39. The molecule has 1 rings (SSSR count). The van der Waals surface area contributed by atoms with Crippen LogP contribution in [-0.2, 0) is 0 Å². The summed E-state index contributed by atoms with van der Waals surface area (Å²) in [6.45, 7) is 5.51. The highest BCUT2D eigenvalue weighted by Gasteiger charge is 2.00. The molecule has 1 unspecified atom stereocenters. The quantitative estimate of drug-likeness (QED) is 0.748. The van der Waals surface area contributed by atoms with Gasteiger partial charge in [-0.05, 0) is 19.8 Å². The van der Waals surface area contributed by atoms with Crippen LogP contribution in [-0.4, -0.2) is 28.5 Å². The lowest BCUT2D eigenvalue weighted by atomic mass is 10.3. The summed E-state index contributed by atoms with van der Waals surface area (Å²) >= 11 is 5.85. The fourth-order valence-electron chi connectivity index (χ4n) is 1.12. The lowest BCUT2D eigenvalue weighted by Gasteiger charge is -2.08. The molecule has 1 aromatic rings. The molecule has 90 valence electrons. The van der Waals surface area contributed by atoms with Crippen molar-refractivity contribution in [2.75, 3.05) is 18.5 Å². The lowest BCUT2D eigenvalue weighted by Crippen LogP contribution is -2.08. The first-order valence-corrected chi connectivity index (χ1v) is 5.98. The standard InChI is InChI=1S/C11H18ClN3O/c1-3-6-16-11-7-10(14-8-15-11)13-5-4-9(2)12/h7-9H,3-6H2,1-2H3,(H,13,14,15). The highest BCUT2D eigenvalue weighted by molar-refractivity contribution is 6.20. The topological polar surface area (TPSA) is 47.0 Å². The summed E-state index contributed by atoms with van der Waals surface area (Å²) in [6.07, 6.45) is 3.37. The molecule has 0 amide bonds. The number of nitrogens with zero attached hydrogens (tertiary/aromatic N) is 2. The Hall–Kier alpha value is -1.03. The highest BCUT2D eigenvalue weighted by Crippen LogP contribution is 2.11. The maximum atomic E-state index is 5.85. The van der Waals surface area contributed by atoms with Gasteiger partial charge < -0.3 is 10.1 Å². The molecule has 1 aromatic heterocycles. The smallest absolute Gasteiger partial charge is 0.218 e. The van der Waals surface area contributed by atoms with E-state index in [9.17, 15) is 0 Å². The summed E-state index contributed by atoms with van der Waals surface area (Å²) in [7, 11) is 0. The summed E-state index contributed by atoms with van der Waals surface area (Å²) in [5, 5.41) is 3.35. The Kier molecular flexibility index (Phi) is 5.93. The molecule has 0 bridgehead atoms. The van der Waals surface area contributed by atoms with Crippen LogP contribution < -0.4 is 10.1 Å². The maximum Gasteiger partial charge on any atom is 0.218 e. The molecule has 0 aliphatic rings. The molecule has 5 heteroatoms. The number of ether oxygens (including phenoxy) is 1. The van der Waals surface area contributed by atoms with Crippen LogP contribution in [0.3, 0.4) is 0 Å². The Labute approximate surface area is 101 Å². The average Bonchev–Trinajstić information content (AvgIpc) is 2.26. The minimum atomic E-state index is 0.171. The number of anilines is 1. The molecule has 0 saturated carbocycles. The van der Waals surface area contributed by atoms with E-state index in [1.807, 2.05) is 6.92 Å². The van der Waals surface area contributed by atoms with E-state index in [0.29, 0.717) is 12.5 Å². The van der Waals surface area contributed by atoms with Crippen LogP contribution in [0.5, 0.6) is 5.88 Å². The fraction of sp³-hybridized carbons (Fsp3) is 0.636. The second-order valence-electron chi connectivity index (χ2n) is 3.59. The number of hydrogen-bond acceptors (Lipinski definition) is 4. The minimum Gasteiger partial charge on any atom is -0.478 e. The molecule has 1 N–H and O–H groups in total. The minimum absolute atomic E-state index is 0.171. The van der Waals surface area contributed by atoms with Crippen molar-refractivity contribution < 1.29 is 4.74 Å². The van der Waals surface area contributed by atoms with Gasteiger partial charge in [0.25, 0.3) is 0 Å². The van der Waals surface area contributed by atoms with E-state index >= 15 is 0 Å². The number of halogens is 1. The molecule has 1 heterocycles. The van der Waals surface area contributed by atoms with Crippen LogP contribution in [0.25, 0.3) is 0 Å². The van der Waals surface area contributed by atoms with Crippen LogP contribution in [0, 0.1) is 0 Å². The number of alkyl halides is 1. The second kappa shape index (κ2) is 7.28. The van der Waals surface area contributed by atoms with Crippen LogP contribution >= 0.6 is 11.6 Å². The Bertz CT molecular complexity index is 307. The molecule has 0 spiro atoms. The molecule has 0 radical (unpaired) electrons. The van der Waals surface area contributed by atoms with Crippen molar-refractivity contribution in [1.29, 1.82) is 0 Å². The molecular formula is C11H18ClN3O. The van der Waals surface area contributed by atoms with Gasteiger partial charge in [-0.1, -0.05) is 6.92 Å². The second-order valence-corrected chi connectivity index (χ2v) is 4.33. The first-order valence-electron chi connectivity index (χ1n) is 5.55. The van der Waals surface area contributed by atoms with E-state index in [1.54, 1.807) is 6.07 Å². The Balaban J connectivity index is 2.40. The van der Waals surface area contributed by atoms with Crippen molar-refractivity contribution in [2.45, 2.75) is 32.1 Å². The SMILES string of the molecule is CCCOc1cc(NCCC(C)Cl)ncn1. The molecular weight excluding hydrogens is 226 g/mol. The van der Waals surface area contributed by atoms with Crippen LogP contribution in [0.2, 0.25) is 0 Å². The number of nitrogens with one attached hydrogen (secondary N) is 1. The van der Waals surface area contributed by atoms with Gasteiger partial charge in [-0.25, -0.2) is 9.97 Å². The first kappa shape index (κ1) is 13.0. The monoisotopic (exact) mass is 243 g/mol. The van der Waals surface area contributed by atoms with Crippen LogP contribution in [0.4, 0.5) is 5.82 Å². The zero-order valence-corrected chi connectivity index (χ0v) is 10.5. The number of hydrogen-bond donors (Lipinski definition) is 1. The van der Waals surface area contributed by atoms with E-state index in [4.69, 9.17) is 16.3 Å². The summed E-state index contributed by atoms with van der Waals surface area (Å²) < 4.78 is 5.41. The van der Waals surface area contributed by atoms with Crippen molar-refractivity contribution in [3.05, 3.63) is 12.4 Å². The first-order chi connectivity index (χ1) is 7.72. The molecule has 0 aromatic carbocycles. The summed E-state index contributed by atoms with van der Waals surface area (Å²) in [6, 6.07) is 1.80. The predicted octanol–water partition coefficient (Wildman–Crippen LogP) is 2.69. The normalized spacial score (nSPS) is 12.2. The maximum absolute atomic E-state index is 5.85. The van der Waals surface area contributed by atoms with E-state index in [1.165, 1.54) is 6.33 Å². The van der Waals surface area contributed by atoms with Gasteiger partial charge in [0, 0.05) is 18.0 Å². The van der Waals surface area contributed by atoms with Gasteiger partial charge in [-0.3, -0.25) is 0 Å². The zero-order chi connectivity index (χ0) is 11.8. The van der Waals surface area contributed by atoms with Gasteiger partial charge in [-0.15, -0.1) is 11.6 Å². The van der Waals surface area contributed by atoms with E-state index < -0.39 is 0 Å². The molecule has 0 aliphatic carbocycles. The van der Waals surface area contributed by atoms with Crippen LogP contribution in [0.15, 0.2) is 12.4 Å². The summed E-state index contributed by atoms with van der Waals surface area (Å²) in [4.78, 5) is 8.12. The Morgan fingerprint density at radius 2 is 2.31 bits per heavy atom. The Morgan fingerprint density at radius 1 is 1.50 bits per heavy atom. The van der Waals surface area contributed by atoms with Gasteiger partial charge in [0.1, 0.15) is 12.1 Å². The molecule has 0 fully saturated rings. The molecule has 1 atom stereocenters. The summed E-state index contributed by atoms with van der Waals surface area (Å²) in [5.41, 5.74) is 0. The lowest BCUT2D eigenvalue weighted by molar-refractivity contribution is 0.305. The number of rotatable bonds is 7. The average molecular weight is 244 g/mol. The third-order valence-corrected chi connectivity index (χ3v) is 2.16. The largest absolute Gasteiger partial charge is 0.478 e. The van der Waals surface area contributed by atoms with Gasteiger partial charge in [0.05, 0.1) is 6.61 Å². The Morgan fingerprint density at radius 3 is 3.00 bits per heavy atom. The highest BCUT2D eigenvalue weighted by atomic mass is 35.5. The van der Waals surface area contributed by atoms with Crippen molar-refractivity contribution in [1.82, 2.24) is 9.97 Å². The zero-order valence-electron chi connectivity index (χ0n) is 9.74. The predicted molar refractivity (Wildman–Crippen MR) is 66.2 cm³/mol. The van der Waals surface area contributed by atoms with Gasteiger partial charge in [-0.2, -0.15) is 0 Å². The van der Waals surface area contributed by atoms with Gasteiger partial charge in [0.2, 0.25) is 5.88 Å². The van der Waals surface area contributed by atoms with E-state index in [-0.39, 0.29) is 5.38 Å². The molecule has 0 saturated heterocycles. The van der Waals surface area contributed by atoms with E-state index in [2.05, 4.69) is 22.2 Å².